The lowest BCUT2D eigenvalue weighted by molar-refractivity contribution is 1.02. The normalized spacial score (nSPS) is 9.53. The third kappa shape index (κ3) is 2.09. The first-order valence-corrected chi connectivity index (χ1v) is 4.76. The van der Waals surface area contributed by atoms with Crippen LogP contribution in [0, 0.1) is 16.0 Å². The lowest BCUT2D eigenvalue weighted by atomic mass is 10.1. The van der Waals surface area contributed by atoms with Crippen LogP contribution in [-0.4, -0.2) is 10.2 Å². The SMILES string of the molecule is N#Cc1cccc(-c2cn[nH]c(=S)c2)c1. The zero-order valence-corrected chi connectivity index (χ0v) is 8.58. The molecule has 0 saturated heterocycles. The van der Waals surface area contributed by atoms with Crippen LogP contribution in [0.4, 0.5) is 0 Å². The summed E-state index contributed by atoms with van der Waals surface area (Å²) in [5.41, 5.74) is 2.49. The summed E-state index contributed by atoms with van der Waals surface area (Å²) < 4.78 is 0.579. The van der Waals surface area contributed by atoms with E-state index in [1.54, 1.807) is 12.3 Å². The van der Waals surface area contributed by atoms with E-state index in [1.165, 1.54) is 0 Å². The van der Waals surface area contributed by atoms with E-state index in [1.807, 2.05) is 24.3 Å². The van der Waals surface area contributed by atoms with Gasteiger partial charge in [-0.2, -0.15) is 10.4 Å². The zero-order chi connectivity index (χ0) is 10.7. The minimum Gasteiger partial charge on any atom is -0.268 e. The smallest absolute Gasteiger partial charge is 0.120 e. The van der Waals surface area contributed by atoms with Gasteiger partial charge < -0.3 is 0 Å². The fraction of sp³-hybridized carbons (Fsp3) is 0. The molecule has 1 aromatic heterocycles. The van der Waals surface area contributed by atoms with E-state index in [4.69, 9.17) is 17.5 Å². The topological polar surface area (TPSA) is 52.5 Å². The molecule has 1 N–H and O–H groups in total. The first kappa shape index (κ1) is 9.56. The van der Waals surface area contributed by atoms with E-state index in [9.17, 15) is 0 Å². The predicted molar refractivity (Wildman–Crippen MR) is 59.6 cm³/mol. The maximum atomic E-state index is 8.77. The van der Waals surface area contributed by atoms with Gasteiger partial charge >= 0.3 is 0 Å². The minimum absolute atomic E-state index is 0.579. The third-order valence-electron chi connectivity index (χ3n) is 1.99. The molecule has 15 heavy (non-hydrogen) atoms. The van der Waals surface area contributed by atoms with Crippen LogP contribution in [0.3, 0.4) is 0 Å². The molecule has 1 aromatic carbocycles. The Morgan fingerprint density at radius 1 is 1.27 bits per heavy atom. The van der Waals surface area contributed by atoms with Crippen molar-refractivity contribution in [3.05, 3.63) is 46.7 Å². The van der Waals surface area contributed by atoms with Gasteiger partial charge in [0, 0.05) is 5.56 Å². The Balaban J connectivity index is 2.55. The molecule has 2 aromatic rings. The second-order valence-corrected chi connectivity index (χ2v) is 3.47. The zero-order valence-electron chi connectivity index (χ0n) is 7.77. The minimum atomic E-state index is 0.579. The summed E-state index contributed by atoms with van der Waals surface area (Å²) in [6.45, 7) is 0. The number of hydrogen-bond donors (Lipinski definition) is 1. The van der Waals surface area contributed by atoms with Crippen LogP contribution in [0.2, 0.25) is 0 Å². The molecule has 1 heterocycles. The summed E-state index contributed by atoms with van der Waals surface area (Å²) in [5.74, 6) is 0. The van der Waals surface area contributed by atoms with Crippen molar-refractivity contribution in [1.29, 1.82) is 5.26 Å². The first-order valence-electron chi connectivity index (χ1n) is 4.35. The van der Waals surface area contributed by atoms with E-state index < -0.39 is 0 Å². The maximum absolute atomic E-state index is 8.77. The van der Waals surface area contributed by atoms with Gasteiger partial charge in [0.1, 0.15) is 4.64 Å². The molecule has 0 bridgehead atoms. The largest absolute Gasteiger partial charge is 0.268 e. The van der Waals surface area contributed by atoms with Crippen LogP contribution in [-0.2, 0) is 0 Å². The van der Waals surface area contributed by atoms with Gasteiger partial charge in [-0.15, -0.1) is 0 Å². The van der Waals surface area contributed by atoms with Gasteiger partial charge in [-0.3, -0.25) is 5.10 Å². The average molecular weight is 213 g/mol. The Morgan fingerprint density at radius 2 is 2.13 bits per heavy atom. The molecule has 0 amide bonds. The van der Waals surface area contributed by atoms with Crippen molar-refractivity contribution in [3.8, 4) is 17.2 Å². The highest BCUT2D eigenvalue weighted by Gasteiger charge is 1.98. The Hall–Kier alpha value is -1.99. The van der Waals surface area contributed by atoms with E-state index in [-0.39, 0.29) is 0 Å². The Labute approximate surface area is 92.0 Å². The number of aromatic amines is 1. The molecule has 0 saturated carbocycles. The number of nitrogens with zero attached hydrogens (tertiary/aromatic N) is 2. The predicted octanol–water partition coefficient (Wildman–Crippen LogP) is 2.68. The van der Waals surface area contributed by atoms with Crippen molar-refractivity contribution in [3.63, 3.8) is 0 Å². The van der Waals surface area contributed by atoms with Gasteiger partial charge in [-0.05, 0) is 23.8 Å². The van der Waals surface area contributed by atoms with Crippen LogP contribution in [0.5, 0.6) is 0 Å². The van der Waals surface area contributed by atoms with Crippen molar-refractivity contribution in [2.45, 2.75) is 0 Å². The van der Waals surface area contributed by atoms with Crippen molar-refractivity contribution in [2.24, 2.45) is 0 Å². The molecule has 0 spiro atoms. The van der Waals surface area contributed by atoms with Crippen LogP contribution < -0.4 is 0 Å². The number of H-pyrrole nitrogens is 1. The van der Waals surface area contributed by atoms with Gasteiger partial charge in [0.2, 0.25) is 0 Å². The molecule has 3 nitrogen and oxygen atoms in total. The Kier molecular flexibility index (Phi) is 2.57. The van der Waals surface area contributed by atoms with Crippen molar-refractivity contribution >= 4 is 12.2 Å². The van der Waals surface area contributed by atoms with Gasteiger partial charge in [0.05, 0.1) is 17.8 Å². The standard InChI is InChI=1S/C11H7N3S/c12-6-8-2-1-3-9(4-8)10-5-11(15)14-13-7-10/h1-5,7H,(H,14,15). The van der Waals surface area contributed by atoms with Gasteiger partial charge in [0.25, 0.3) is 0 Å². The Morgan fingerprint density at radius 3 is 2.87 bits per heavy atom. The second kappa shape index (κ2) is 4.03. The summed E-state index contributed by atoms with van der Waals surface area (Å²) in [6.07, 6.45) is 1.69. The average Bonchev–Trinajstić information content (AvgIpc) is 2.29. The molecule has 0 aliphatic rings. The van der Waals surface area contributed by atoms with Crippen LogP contribution >= 0.6 is 12.2 Å². The molecule has 0 radical (unpaired) electrons. The van der Waals surface area contributed by atoms with Crippen molar-refractivity contribution < 1.29 is 0 Å². The molecule has 2 rings (SSSR count). The summed E-state index contributed by atoms with van der Waals surface area (Å²) in [7, 11) is 0. The molecule has 72 valence electrons. The molecule has 4 heteroatoms. The van der Waals surface area contributed by atoms with Gasteiger partial charge in [-0.1, -0.05) is 24.4 Å². The lowest BCUT2D eigenvalue weighted by Crippen LogP contribution is -1.85. The summed E-state index contributed by atoms with van der Waals surface area (Å²) in [6, 6.07) is 11.3. The van der Waals surface area contributed by atoms with E-state index in [0.717, 1.165) is 11.1 Å². The molecule has 0 aliphatic carbocycles. The number of aromatic nitrogens is 2. The first-order chi connectivity index (χ1) is 7.29. The quantitative estimate of drug-likeness (QED) is 0.741. The molecule has 0 atom stereocenters. The summed E-state index contributed by atoms with van der Waals surface area (Å²) in [4.78, 5) is 0. The molecule has 0 unspecified atom stereocenters. The highest BCUT2D eigenvalue weighted by molar-refractivity contribution is 7.71. The third-order valence-corrected chi connectivity index (χ3v) is 2.20. The number of benzene rings is 1. The fourth-order valence-corrected chi connectivity index (χ4v) is 1.48. The number of nitrogens with one attached hydrogen (secondary N) is 1. The molecule has 0 aliphatic heterocycles. The summed E-state index contributed by atoms with van der Waals surface area (Å²) in [5, 5.41) is 15.3. The van der Waals surface area contributed by atoms with E-state index in [0.29, 0.717) is 10.2 Å². The molecular formula is C11H7N3S. The highest BCUT2D eigenvalue weighted by atomic mass is 32.1. The Bertz CT molecular complexity index is 581. The van der Waals surface area contributed by atoms with Crippen LogP contribution in [0.15, 0.2) is 36.5 Å². The van der Waals surface area contributed by atoms with E-state index in [2.05, 4.69) is 16.3 Å². The van der Waals surface area contributed by atoms with E-state index >= 15 is 0 Å². The summed E-state index contributed by atoms with van der Waals surface area (Å²) >= 11 is 4.98. The monoisotopic (exact) mass is 213 g/mol. The van der Waals surface area contributed by atoms with Crippen molar-refractivity contribution in [2.75, 3.05) is 0 Å². The van der Waals surface area contributed by atoms with Crippen molar-refractivity contribution in [1.82, 2.24) is 10.2 Å². The molecule has 0 fully saturated rings. The lowest BCUT2D eigenvalue weighted by Gasteiger charge is -2.00. The van der Waals surface area contributed by atoms with Gasteiger partial charge in [0.15, 0.2) is 0 Å². The fourth-order valence-electron chi connectivity index (χ4n) is 1.30. The van der Waals surface area contributed by atoms with Gasteiger partial charge in [-0.25, -0.2) is 0 Å². The number of rotatable bonds is 1. The van der Waals surface area contributed by atoms with Crippen LogP contribution in [0.1, 0.15) is 5.56 Å². The molecular weight excluding hydrogens is 206 g/mol. The maximum Gasteiger partial charge on any atom is 0.120 e. The highest BCUT2D eigenvalue weighted by Crippen LogP contribution is 2.18. The van der Waals surface area contributed by atoms with Crippen LogP contribution in [0.25, 0.3) is 11.1 Å². The second-order valence-electron chi connectivity index (χ2n) is 3.03. The number of hydrogen-bond acceptors (Lipinski definition) is 3. The number of nitriles is 1.